The molecule has 4 aliphatic rings. The van der Waals surface area contributed by atoms with Crippen molar-refractivity contribution in [3.8, 4) is 0 Å². The number of hydrogen-bond donors (Lipinski definition) is 0. The average molecular weight is 411 g/mol. The number of carbonyl (C=O) groups excluding carboxylic acids is 2. The number of carbonyl (C=O) groups is 2. The molecular weight excluding hydrogens is 372 g/mol. The molecule has 2 saturated carbocycles. The van der Waals surface area contributed by atoms with Crippen molar-refractivity contribution in [3.05, 3.63) is 35.6 Å². The van der Waals surface area contributed by atoms with E-state index in [1.807, 2.05) is 6.08 Å². The molecule has 4 aliphatic carbocycles. The monoisotopic (exact) mass is 410 g/mol. The van der Waals surface area contributed by atoms with E-state index >= 15 is 0 Å². The molecule has 0 aromatic heterocycles. The summed E-state index contributed by atoms with van der Waals surface area (Å²) >= 11 is 0. The summed E-state index contributed by atoms with van der Waals surface area (Å²) in [5.74, 6) is 3.32. The SMILES string of the molecule is CCCCCOC1=C[C@H]2[C@@H]3CC(C)[C@H](C(C)=O)[C@@]3(C)CC[C@@H]2[C@@]2(C)C=CC(=O)C=C12. The molecule has 0 radical (unpaired) electrons. The molecule has 0 spiro atoms. The fourth-order valence-corrected chi connectivity index (χ4v) is 7.64. The van der Waals surface area contributed by atoms with E-state index in [-0.39, 0.29) is 22.5 Å². The lowest BCUT2D eigenvalue weighted by atomic mass is 9.49. The second-order valence-electron chi connectivity index (χ2n) is 10.8. The largest absolute Gasteiger partial charge is 0.494 e. The molecule has 2 fully saturated rings. The summed E-state index contributed by atoms with van der Waals surface area (Å²) in [7, 11) is 0. The zero-order chi connectivity index (χ0) is 21.7. The minimum Gasteiger partial charge on any atom is -0.494 e. The van der Waals surface area contributed by atoms with Gasteiger partial charge in [0.1, 0.15) is 11.5 Å². The van der Waals surface area contributed by atoms with Crippen molar-refractivity contribution >= 4 is 11.6 Å². The Bertz CT molecular complexity index is 818. The molecule has 4 rings (SSSR count). The van der Waals surface area contributed by atoms with Gasteiger partial charge in [0.05, 0.1) is 6.61 Å². The Morgan fingerprint density at radius 2 is 2.00 bits per heavy atom. The van der Waals surface area contributed by atoms with Crippen LogP contribution in [0.15, 0.2) is 35.6 Å². The third-order valence-corrected chi connectivity index (χ3v) is 8.96. The highest BCUT2D eigenvalue weighted by Crippen LogP contribution is 2.66. The number of allylic oxidation sites excluding steroid dienone is 5. The molecule has 0 heterocycles. The Hall–Kier alpha value is -1.64. The second kappa shape index (κ2) is 7.80. The van der Waals surface area contributed by atoms with Crippen molar-refractivity contribution in [2.45, 2.75) is 73.1 Å². The molecule has 3 nitrogen and oxygen atoms in total. The van der Waals surface area contributed by atoms with E-state index in [2.05, 4.69) is 39.8 Å². The summed E-state index contributed by atoms with van der Waals surface area (Å²) in [6.45, 7) is 11.6. The first-order valence-electron chi connectivity index (χ1n) is 12.0. The van der Waals surface area contributed by atoms with Crippen LogP contribution in [-0.2, 0) is 14.3 Å². The first kappa shape index (κ1) is 21.6. The van der Waals surface area contributed by atoms with Crippen molar-refractivity contribution in [3.63, 3.8) is 0 Å². The van der Waals surface area contributed by atoms with Gasteiger partial charge in [0.25, 0.3) is 0 Å². The van der Waals surface area contributed by atoms with Crippen LogP contribution in [0.2, 0.25) is 0 Å². The summed E-state index contributed by atoms with van der Waals surface area (Å²) in [6.07, 6.45) is 14.7. The van der Waals surface area contributed by atoms with Gasteiger partial charge in [-0.05, 0) is 79.9 Å². The Kier molecular flexibility index (Phi) is 5.61. The van der Waals surface area contributed by atoms with Crippen molar-refractivity contribution in [1.82, 2.24) is 0 Å². The minimum atomic E-state index is -0.160. The molecule has 0 aliphatic heterocycles. The maximum atomic E-state index is 12.6. The quantitative estimate of drug-likeness (QED) is 0.500. The number of ether oxygens (including phenoxy) is 1. The molecule has 0 saturated heterocycles. The van der Waals surface area contributed by atoms with Crippen molar-refractivity contribution in [2.75, 3.05) is 6.61 Å². The zero-order valence-corrected chi connectivity index (χ0v) is 19.4. The smallest absolute Gasteiger partial charge is 0.178 e. The highest BCUT2D eigenvalue weighted by Gasteiger charge is 2.61. The van der Waals surface area contributed by atoms with Gasteiger partial charge in [-0.2, -0.15) is 0 Å². The fourth-order valence-electron chi connectivity index (χ4n) is 7.64. The Labute approximate surface area is 182 Å². The van der Waals surface area contributed by atoms with Gasteiger partial charge in [0, 0.05) is 16.9 Å². The van der Waals surface area contributed by atoms with Crippen LogP contribution in [-0.4, -0.2) is 18.2 Å². The Morgan fingerprint density at radius 1 is 1.23 bits per heavy atom. The zero-order valence-electron chi connectivity index (χ0n) is 19.4. The van der Waals surface area contributed by atoms with E-state index < -0.39 is 0 Å². The maximum absolute atomic E-state index is 12.6. The number of rotatable bonds is 6. The topological polar surface area (TPSA) is 43.4 Å². The van der Waals surface area contributed by atoms with Gasteiger partial charge >= 0.3 is 0 Å². The third-order valence-electron chi connectivity index (χ3n) is 8.96. The first-order valence-corrected chi connectivity index (χ1v) is 12.0. The molecule has 7 atom stereocenters. The summed E-state index contributed by atoms with van der Waals surface area (Å²) < 4.78 is 6.34. The predicted octanol–water partition coefficient (Wildman–Crippen LogP) is 6.06. The van der Waals surface area contributed by atoms with Gasteiger partial charge in [0.2, 0.25) is 0 Å². The molecule has 30 heavy (non-hydrogen) atoms. The summed E-state index contributed by atoms with van der Waals surface area (Å²) in [4.78, 5) is 24.8. The van der Waals surface area contributed by atoms with E-state index in [9.17, 15) is 9.59 Å². The van der Waals surface area contributed by atoms with Crippen molar-refractivity contribution < 1.29 is 14.3 Å². The molecule has 3 heteroatoms. The van der Waals surface area contributed by atoms with Gasteiger partial charge in [0.15, 0.2) is 5.78 Å². The number of unbranched alkanes of at least 4 members (excludes halogenated alkanes) is 2. The second-order valence-corrected chi connectivity index (χ2v) is 10.8. The molecule has 0 bridgehead atoms. The van der Waals surface area contributed by atoms with Crippen LogP contribution in [0.5, 0.6) is 0 Å². The molecule has 0 amide bonds. The molecule has 0 N–H and O–H groups in total. The highest BCUT2D eigenvalue weighted by atomic mass is 16.5. The highest BCUT2D eigenvalue weighted by molar-refractivity contribution is 6.01. The molecular formula is C27H38O3. The lowest BCUT2D eigenvalue weighted by Gasteiger charge is -2.55. The van der Waals surface area contributed by atoms with Crippen LogP contribution in [0.1, 0.15) is 73.1 Å². The van der Waals surface area contributed by atoms with Crippen LogP contribution >= 0.6 is 0 Å². The van der Waals surface area contributed by atoms with Crippen LogP contribution in [0, 0.1) is 40.4 Å². The lowest BCUT2D eigenvalue weighted by Crippen LogP contribution is -2.49. The van der Waals surface area contributed by atoms with E-state index in [4.69, 9.17) is 4.74 Å². The number of fused-ring (bicyclic) bond motifs is 5. The van der Waals surface area contributed by atoms with Crippen LogP contribution in [0.4, 0.5) is 0 Å². The van der Waals surface area contributed by atoms with Gasteiger partial charge in [-0.1, -0.05) is 46.6 Å². The number of hydrogen-bond acceptors (Lipinski definition) is 3. The Morgan fingerprint density at radius 3 is 2.70 bits per heavy atom. The van der Waals surface area contributed by atoms with E-state index in [0.717, 1.165) is 43.4 Å². The first-order chi connectivity index (χ1) is 14.2. The maximum Gasteiger partial charge on any atom is 0.178 e. The fraction of sp³-hybridized carbons (Fsp3) is 0.704. The summed E-state index contributed by atoms with van der Waals surface area (Å²) in [6, 6.07) is 0. The van der Waals surface area contributed by atoms with Gasteiger partial charge < -0.3 is 4.74 Å². The predicted molar refractivity (Wildman–Crippen MR) is 120 cm³/mol. The van der Waals surface area contributed by atoms with Crippen LogP contribution < -0.4 is 0 Å². The van der Waals surface area contributed by atoms with Crippen molar-refractivity contribution in [1.29, 1.82) is 0 Å². The molecule has 164 valence electrons. The Balaban J connectivity index is 1.73. The molecule has 0 aromatic carbocycles. The van der Waals surface area contributed by atoms with E-state index in [1.165, 1.54) is 6.42 Å². The van der Waals surface area contributed by atoms with Gasteiger partial charge in [-0.25, -0.2) is 0 Å². The van der Waals surface area contributed by atoms with Crippen LogP contribution in [0.3, 0.4) is 0 Å². The standard InChI is InChI=1S/C27H38O3/c1-6-7-8-13-30-24-16-20-21(26(4)11-9-19(29)15-23(24)26)10-12-27(5)22(20)14-17(2)25(27)18(3)28/h9,11,15-17,20-22,25H,6-8,10,12-14H2,1-5H3/t17?,20-,21+,22+,25-,26-,27+/m1/s1. The third kappa shape index (κ3) is 3.24. The number of ketones is 2. The normalized spacial score (nSPS) is 42.0. The van der Waals surface area contributed by atoms with E-state index in [0.29, 0.717) is 36.1 Å². The van der Waals surface area contributed by atoms with E-state index in [1.54, 1.807) is 13.0 Å². The number of Topliss-reactive ketones (excluding diaryl/α,β-unsaturated/α-hetero) is 1. The van der Waals surface area contributed by atoms with Crippen LogP contribution in [0.25, 0.3) is 0 Å². The van der Waals surface area contributed by atoms with Crippen molar-refractivity contribution in [2.24, 2.45) is 40.4 Å². The average Bonchev–Trinajstić information content (AvgIpc) is 2.96. The van der Waals surface area contributed by atoms with Gasteiger partial charge in [-0.15, -0.1) is 0 Å². The summed E-state index contributed by atoms with van der Waals surface area (Å²) in [5, 5.41) is 0. The molecule has 1 unspecified atom stereocenters. The summed E-state index contributed by atoms with van der Waals surface area (Å²) in [5.41, 5.74) is 0.986. The van der Waals surface area contributed by atoms with Gasteiger partial charge in [-0.3, -0.25) is 9.59 Å². The minimum absolute atomic E-state index is 0.0655. The molecule has 0 aromatic rings. The lowest BCUT2D eigenvalue weighted by molar-refractivity contribution is -0.127.